The Balaban J connectivity index is 1.87. The topological polar surface area (TPSA) is 56.1 Å². The molecule has 106 valence electrons. The molecule has 0 aliphatic carbocycles. The molecule has 0 radical (unpaired) electrons. The lowest BCUT2D eigenvalue weighted by Gasteiger charge is -2.26. The van der Waals surface area contributed by atoms with Crippen molar-refractivity contribution < 1.29 is 4.79 Å². The van der Waals surface area contributed by atoms with Gasteiger partial charge in [-0.15, -0.1) is 0 Å². The molecule has 0 aromatic heterocycles. The molecule has 0 bridgehead atoms. The summed E-state index contributed by atoms with van der Waals surface area (Å²) in [4.78, 5) is 14.5. The molecule has 1 aromatic carbocycles. The van der Waals surface area contributed by atoms with Gasteiger partial charge in [-0.05, 0) is 54.0 Å². The minimum atomic E-state index is -0.133. The van der Waals surface area contributed by atoms with E-state index in [-0.39, 0.29) is 5.91 Å². The highest BCUT2D eigenvalue weighted by molar-refractivity contribution is 9.10. The summed E-state index contributed by atoms with van der Waals surface area (Å²) in [5.41, 5.74) is 0.997. The highest BCUT2D eigenvalue weighted by Crippen LogP contribution is 2.21. The Hall–Kier alpha value is -1.38. The van der Waals surface area contributed by atoms with Crippen molar-refractivity contribution in [2.24, 2.45) is 0 Å². The molecule has 5 heteroatoms. The number of nitrogens with one attached hydrogen (secondary N) is 1. The van der Waals surface area contributed by atoms with Crippen LogP contribution in [-0.2, 0) is 0 Å². The number of hydrogen-bond acceptors (Lipinski definition) is 3. The van der Waals surface area contributed by atoms with Gasteiger partial charge in [0, 0.05) is 17.6 Å². The third-order valence-corrected chi connectivity index (χ3v) is 4.38. The standard InChI is InChI=1S/C15H18BrN3O/c16-14-12(11-17)5-4-6-13(14)15(20)18-7-10-19-8-2-1-3-9-19/h4-6H,1-3,7-10H2,(H,18,20). The summed E-state index contributed by atoms with van der Waals surface area (Å²) in [5.74, 6) is -0.133. The first-order valence-corrected chi connectivity index (χ1v) is 7.71. The highest BCUT2D eigenvalue weighted by atomic mass is 79.9. The lowest BCUT2D eigenvalue weighted by atomic mass is 10.1. The second-order valence-corrected chi connectivity index (χ2v) is 5.73. The summed E-state index contributed by atoms with van der Waals surface area (Å²) >= 11 is 3.32. The molecule has 1 aromatic rings. The van der Waals surface area contributed by atoms with E-state index >= 15 is 0 Å². The largest absolute Gasteiger partial charge is 0.351 e. The van der Waals surface area contributed by atoms with Crippen molar-refractivity contribution in [2.45, 2.75) is 19.3 Å². The van der Waals surface area contributed by atoms with Crippen molar-refractivity contribution >= 4 is 21.8 Å². The second kappa shape index (κ2) is 7.41. The van der Waals surface area contributed by atoms with Crippen molar-refractivity contribution in [1.29, 1.82) is 5.26 Å². The van der Waals surface area contributed by atoms with Gasteiger partial charge in [0.25, 0.3) is 5.91 Å². The number of piperidine rings is 1. The van der Waals surface area contributed by atoms with E-state index in [9.17, 15) is 4.79 Å². The van der Waals surface area contributed by atoms with Crippen LogP contribution in [0.2, 0.25) is 0 Å². The molecule has 0 atom stereocenters. The molecule has 0 saturated carbocycles. The SMILES string of the molecule is N#Cc1cccc(C(=O)NCCN2CCCCC2)c1Br. The molecule has 20 heavy (non-hydrogen) atoms. The van der Waals surface area contributed by atoms with Gasteiger partial charge in [-0.25, -0.2) is 0 Å². The maximum atomic E-state index is 12.1. The fraction of sp³-hybridized carbons (Fsp3) is 0.467. The van der Waals surface area contributed by atoms with Gasteiger partial charge in [0.1, 0.15) is 6.07 Å². The van der Waals surface area contributed by atoms with Gasteiger partial charge in [0.2, 0.25) is 0 Å². The van der Waals surface area contributed by atoms with Crippen LogP contribution in [0.1, 0.15) is 35.2 Å². The normalized spacial score (nSPS) is 15.6. The average Bonchev–Trinajstić information content (AvgIpc) is 2.48. The minimum absolute atomic E-state index is 0.133. The summed E-state index contributed by atoms with van der Waals surface area (Å²) in [6, 6.07) is 7.20. The summed E-state index contributed by atoms with van der Waals surface area (Å²) in [6.07, 6.45) is 3.82. The van der Waals surface area contributed by atoms with Crippen molar-refractivity contribution in [2.75, 3.05) is 26.2 Å². The van der Waals surface area contributed by atoms with Crippen LogP contribution in [0.25, 0.3) is 0 Å². The number of rotatable bonds is 4. The molecular weight excluding hydrogens is 318 g/mol. The molecule has 4 nitrogen and oxygen atoms in total. The predicted octanol–water partition coefficient (Wildman–Crippen LogP) is 2.54. The predicted molar refractivity (Wildman–Crippen MR) is 81.5 cm³/mol. The monoisotopic (exact) mass is 335 g/mol. The maximum absolute atomic E-state index is 12.1. The second-order valence-electron chi connectivity index (χ2n) is 4.94. The first kappa shape index (κ1) is 15.0. The van der Waals surface area contributed by atoms with Gasteiger partial charge in [0.05, 0.1) is 11.1 Å². The molecule has 1 aliphatic heterocycles. The number of nitriles is 1. The molecular formula is C15H18BrN3O. The fourth-order valence-corrected chi connectivity index (χ4v) is 2.93. The first-order chi connectivity index (χ1) is 9.72. The Morgan fingerprint density at radius 2 is 2.10 bits per heavy atom. The molecule has 0 unspecified atom stereocenters. The third-order valence-electron chi connectivity index (χ3n) is 3.53. The summed E-state index contributed by atoms with van der Waals surface area (Å²) in [6.45, 7) is 3.79. The summed E-state index contributed by atoms with van der Waals surface area (Å²) in [7, 11) is 0. The Morgan fingerprint density at radius 1 is 1.35 bits per heavy atom. The lowest BCUT2D eigenvalue weighted by molar-refractivity contribution is 0.0946. The zero-order valence-corrected chi connectivity index (χ0v) is 12.9. The molecule has 1 amide bonds. The molecule has 1 heterocycles. The lowest BCUT2D eigenvalue weighted by Crippen LogP contribution is -2.37. The van der Waals surface area contributed by atoms with Gasteiger partial charge in [-0.1, -0.05) is 12.5 Å². The van der Waals surface area contributed by atoms with E-state index in [0.717, 1.165) is 19.6 Å². The van der Waals surface area contributed by atoms with Crippen molar-refractivity contribution in [3.8, 4) is 6.07 Å². The number of carbonyl (C=O) groups excluding carboxylic acids is 1. The molecule has 0 spiro atoms. The van der Waals surface area contributed by atoms with E-state index in [2.05, 4.69) is 32.2 Å². The van der Waals surface area contributed by atoms with E-state index < -0.39 is 0 Å². The van der Waals surface area contributed by atoms with Crippen LogP contribution >= 0.6 is 15.9 Å². The molecule has 2 rings (SSSR count). The number of nitrogens with zero attached hydrogens (tertiary/aromatic N) is 2. The van der Waals surface area contributed by atoms with Gasteiger partial charge in [-0.2, -0.15) is 5.26 Å². The van der Waals surface area contributed by atoms with Crippen LogP contribution < -0.4 is 5.32 Å². The number of carbonyl (C=O) groups is 1. The molecule has 1 aliphatic rings. The van der Waals surface area contributed by atoms with Crippen molar-refractivity contribution in [3.05, 3.63) is 33.8 Å². The van der Waals surface area contributed by atoms with E-state index in [4.69, 9.17) is 5.26 Å². The van der Waals surface area contributed by atoms with Crippen molar-refractivity contribution in [1.82, 2.24) is 10.2 Å². The number of hydrogen-bond donors (Lipinski definition) is 1. The zero-order valence-electron chi connectivity index (χ0n) is 11.4. The van der Waals surface area contributed by atoms with Crippen LogP contribution in [0, 0.1) is 11.3 Å². The quantitative estimate of drug-likeness (QED) is 0.919. The smallest absolute Gasteiger partial charge is 0.252 e. The Morgan fingerprint density at radius 3 is 2.80 bits per heavy atom. The van der Waals surface area contributed by atoms with Crippen LogP contribution in [0.4, 0.5) is 0 Å². The fourth-order valence-electron chi connectivity index (χ4n) is 2.40. The minimum Gasteiger partial charge on any atom is -0.351 e. The maximum Gasteiger partial charge on any atom is 0.252 e. The van der Waals surface area contributed by atoms with E-state index in [1.54, 1.807) is 18.2 Å². The van der Waals surface area contributed by atoms with Crippen LogP contribution in [-0.4, -0.2) is 37.0 Å². The van der Waals surface area contributed by atoms with Crippen LogP contribution in [0.5, 0.6) is 0 Å². The highest BCUT2D eigenvalue weighted by Gasteiger charge is 2.14. The van der Waals surface area contributed by atoms with Crippen molar-refractivity contribution in [3.63, 3.8) is 0 Å². The summed E-state index contributed by atoms with van der Waals surface area (Å²) in [5, 5.41) is 11.9. The Labute approximate surface area is 127 Å². The third kappa shape index (κ3) is 3.81. The number of benzene rings is 1. The van der Waals surface area contributed by atoms with Gasteiger partial charge >= 0.3 is 0 Å². The van der Waals surface area contributed by atoms with Gasteiger partial charge in [0.15, 0.2) is 0 Å². The molecule has 1 saturated heterocycles. The average molecular weight is 336 g/mol. The zero-order chi connectivity index (χ0) is 14.4. The number of amides is 1. The van der Waals surface area contributed by atoms with E-state index in [0.29, 0.717) is 22.1 Å². The first-order valence-electron chi connectivity index (χ1n) is 6.91. The van der Waals surface area contributed by atoms with E-state index in [1.807, 2.05) is 0 Å². The van der Waals surface area contributed by atoms with Gasteiger partial charge in [-0.3, -0.25) is 4.79 Å². The number of likely N-dealkylation sites (tertiary alicyclic amines) is 1. The van der Waals surface area contributed by atoms with E-state index in [1.165, 1.54) is 19.3 Å². The number of halogens is 1. The van der Waals surface area contributed by atoms with Crippen LogP contribution in [0.15, 0.2) is 22.7 Å². The van der Waals surface area contributed by atoms with Gasteiger partial charge < -0.3 is 10.2 Å². The Kier molecular flexibility index (Phi) is 5.57. The van der Waals surface area contributed by atoms with Crippen LogP contribution in [0.3, 0.4) is 0 Å². The Bertz CT molecular complexity index is 518. The molecule has 1 fully saturated rings. The molecule has 1 N–H and O–H groups in total. The summed E-state index contributed by atoms with van der Waals surface area (Å²) < 4.78 is 0.568.